The first-order valence-corrected chi connectivity index (χ1v) is 8.36. The average molecular weight is 349 g/mol. The topological polar surface area (TPSA) is 87.0 Å². The van der Waals surface area contributed by atoms with E-state index in [9.17, 15) is 14.4 Å². The van der Waals surface area contributed by atoms with E-state index < -0.39 is 12.1 Å². The van der Waals surface area contributed by atoms with E-state index in [4.69, 9.17) is 0 Å². The third-order valence-electron chi connectivity index (χ3n) is 4.36. The zero-order valence-corrected chi connectivity index (χ0v) is 14.8. The summed E-state index contributed by atoms with van der Waals surface area (Å²) in [5, 5.41) is 2.76. The number of carbonyl (C=O) groups is 3. The Hall–Kier alpha value is -2.42. The first-order valence-electron chi connectivity index (χ1n) is 7.54. The first-order chi connectivity index (χ1) is 11.3. The van der Waals surface area contributed by atoms with Gasteiger partial charge in [0.05, 0.1) is 18.7 Å². The fourth-order valence-corrected chi connectivity index (χ4v) is 3.67. The number of amides is 4. The van der Waals surface area contributed by atoms with E-state index in [-0.39, 0.29) is 18.2 Å². The normalized spacial score (nSPS) is 18.1. The van der Waals surface area contributed by atoms with Gasteiger partial charge in [-0.1, -0.05) is 0 Å². The largest absolute Gasteiger partial charge is 0.350 e. The molecule has 4 amide bonds. The highest BCUT2D eigenvalue weighted by molar-refractivity contribution is 7.17. The van der Waals surface area contributed by atoms with Crippen LogP contribution in [0.25, 0.3) is 4.96 Å². The molecular formula is C15H19N5O3S. The minimum Gasteiger partial charge on any atom is -0.350 e. The second kappa shape index (κ2) is 5.90. The summed E-state index contributed by atoms with van der Waals surface area (Å²) in [5.74, 6) is -0.640. The maximum absolute atomic E-state index is 12.1. The van der Waals surface area contributed by atoms with E-state index >= 15 is 0 Å². The van der Waals surface area contributed by atoms with E-state index in [1.165, 1.54) is 23.9 Å². The molecule has 1 aliphatic rings. The summed E-state index contributed by atoms with van der Waals surface area (Å²) in [6, 6.07) is -1.13. The van der Waals surface area contributed by atoms with E-state index in [2.05, 4.69) is 10.3 Å². The number of hydrogen-bond acceptors (Lipinski definition) is 5. The minimum atomic E-state index is -0.738. The molecule has 2 aromatic rings. The molecule has 9 heteroatoms. The Morgan fingerprint density at radius 1 is 1.33 bits per heavy atom. The zero-order valence-electron chi connectivity index (χ0n) is 14.0. The molecule has 0 aliphatic carbocycles. The van der Waals surface area contributed by atoms with Crippen LogP contribution in [0.2, 0.25) is 0 Å². The van der Waals surface area contributed by atoms with Gasteiger partial charge in [0.1, 0.15) is 6.04 Å². The number of nitrogens with zero attached hydrogens (tertiary/aromatic N) is 4. The van der Waals surface area contributed by atoms with Crippen LogP contribution in [0.3, 0.4) is 0 Å². The second-order valence-corrected chi connectivity index (χ2v) is 7.10. The van der Waals surface area contributed by atoms with E-state index in [1.54, 1.807) is 11.3 Å². The molecule has 2 aromatic heterocycles. The van der Waals surface area contributed by atoms with Crippen molar-refractivity contribution in [3.8, 4) is 0 Å². The minimum absolute atomic E-state index is 0.0498. The summed E-state index contributed by atoms with van der Waals surface area (Å²) in [5.41, 5.74) is 1.90. The molecule has 1 aliphatic heterocycles. The highest BCUT2D eigenvalue weighted by Crippen LogP contribution is 2.21. The molecular weight excluding hydrogens is 330 g/mol. The van der Waals surface area contributed by atoms with Crippen LogP contribution >= 0.6 is 11.3 Å². The summed E-state index contributed by atoms with van der Waals surface area (Å²) in [6.45, 7) is 4.36. The molecule has 0 unspecified atom stereocenters. The molecule has 3 rings (SSSR count). The summed E-state index contributed by atoms with van der Waals surface area (Å²) in [7, 11) is 2.94. The summed E-state index contributed by atoms with van der Waals surface area (Å²) < 4.78 is 2.00. The van der Waals surface area contributed by atoms with Gasteiger partial charge in [-0.2, -0.15) is 0 Å². The Labute approximate surface area is 143 Å². The molecule has 8 nitrogen and oxygen atoms in total. The molecule has 1 fully saturated rings. The number of nitrogens with one attached hydrogen (secondary N) is 1. The maximum atomic E-state index is 12.1. The van der Waals surface area contributed by atoms with Crippen LogP contribution < -0.4 is 5.32 Å². The van der Waals surface area contributed by atoms with Gasteiger partial charge in [-0.25, -0.2) is 9.78 Å². The Balaban J connectivity index is 1.61. The standard InChI is InChI=1S/C15H19N5O3S/c1-8-9(2)24-14-17-10(7-20(8)14)6-16-12(21)5-11-13(22)19(4)15(23)18(11)3/h7,11H,5-6H2,1-4H3,(H,16,21)/t11-/m1/s1. The van der Waals surface area contributed by atoms with Gasteiger partial charge in [-0.05, 0) is 13.8 Å². The Kier molecular flexibility index (Phi) is 4.04. The lowest BCUT2D eigenvalue weighted by molar-refractivity contribution is -0.131. The van der Waals surface area contributed by atoms with Gasteiger partial charge in [0.25, 0.3) is 5.91 Å². The Morgan fingerprint density at radius 2 is 2.04 bits per heavy atom. The number of imidazole rings is 1. The van der Waals surface area contributed by atoms with Crippen molar-refractivity contribution < 1.29 is 14.4 Å². The number of imide groups is 1. The lowest BCUT2D eigenvalue weighted by Gasteiger charge is -2.15. The fourth-order valence-electron chi connectivity index (χ4n) is 2.70. The highest BCUT2D eigenvalue weighted by atomic mass is 32.1. The molecule has 0 saturated carbocycles. The highest BCUT2D eigenvalue weighted by Gasteiger charge is 2.41. The molecule has 1 atom stereocenters. The van der Waals surface area contributed by atoms with Crippen LogP contribution in [0.1, 0.15) is 22.7 Å². The molecule has 0 radical (unpaired) electrons. The third-order valence-corrected chi connectivity index (χ3v) is 5.43. The quantitative estimate of drug-likeness (QED) is 0.831. The first kappa shape index (κ1) is 16.4. The van der Waals surface area contributed by atoms with Crippen LogP contribution in [0.15, 0.2) is 6.20 Å². The molecule has 3 heterocycles. The number of aryl methyl sites for hydroxylation is 2. The van der Waals surface area contributed by atoms with Crippen LogP contribution in [0.4, 0.5) is 4.79 Å². The van der Waals surface area contributed by atoms with Crippen molar-refractivity contribution in [2.75, 3.05) is 14.1 Å². The number of thiazole rings is 1. The van der Waals surface area contributed by atoms with Crippen LogP contribution in [0, 0.1) is 13.8 Å². The zero-order chi connectivity index (χ0) is 17.6. The van der Waals surface area contributed by atoms with Gasteiger partial charge in [0.15, 0.2) is 4.96 Å². The molecule has 0 spiro atoms. The summed E-state index contributed by atoms with van der Waals surface area (Å²) in [4.78, 5) is 44.7. The molecule has 24 heavy (non-hydrogen) atoms. The number of aromatic nitrogens is 2. The summed E-state index contributed by atoms with van der Waals surface area (Å²) in [6.07, 6.45) is 1.85. The van der Waals surface area contributed by atoms with Gasteiger partial charge in [-0.15, -0.1) is 11.3 Å². The van der Waals surface area contributed by atoms with Crippen molar-refractivity contribution >= 4 is 34.1 Å². The monoisotopic (exact) mass is 349 g/mol. The third kappa shape index (κ3) is 2.64. The van der Waals surface area contributed by atoms with Gasteiger partial charge in [-0.3, -0.25) is 18.9 Å². The molecule has 1 N–H and O–H groups in total. The fraction of sp³-hybridized carbons (Fsp3) is 0.467. The predicted molar refractivity (Wildman–Crippen MR) is 88.7 cm³/mol. The van der Waals surface area contributed by atoms with Crippen LogP contribution in [-0.4, -0.2) is 57.2 Å². The number of urea groups is 1. The van der Waals surface area contributed by atoms with Crippen molar-refractivity contribution in [3.63, 3.8) is 0 Å². The predicted octanol–water partition coefficient (Wildman–Crippen LogP) is 0.911. The van der Waals surface area contributed by atoms with Crippen molar-refractivity contribution in [1.29, 1.82) is 0 Å². The second-order valence-electron chi connectivity index (χ2n) is 5.92. The molecule has 0 bridgehead atoms. The van der Waals surface area contributed by atoms with Gasteiger partial charge < -0.3 is 10.2 Å². The number of rotatable bonds is 4. The maximum Gasteiger partial charge on any atom is 0.326 e. The van der Waals surface area contributed by atoms with Gasteiger partial charge >= 0.3 is 6.03 Å². The number of fused-ring (bicyclic) bond motifs is 1. The number of likely N-dealkylation sites (N-methyl/N-ethyl adjacent to an activating group) is 2. The SMILES string of the molecule is Cc1sc2nc(CNC(=O)C[C@@H]3C(=O)N(C)C(=O)N3C)cn2c1C. The average Bonchev–Trinajstić information content (AvgIpc) is 3.12. The van der Waals surface area contributed by atoms with Crippen molar-refractivity contribution in [2.24, 2.45) is 0 Å². The van der Waals surface area contributed by atoms with E-state index in [0.29, 0.717) is 6.54 Å². The molecule has 0 aromatic carbocycles. The van der Waals surface area contributed by atoms with Crippen LogP contribution in [0.5, 0.6) is 0 Å². The van der Waals surface area contributed by atoms with Crippen molar-refractivity contribution in [1.82, 2.24) is 24.5 Å². The Bertz CT molecular complexity index is 840. The lowest BCUT2D eigenvalue weighted by atomic mass is 10.2. The van der Waals surface area contributed by atoms with Crippen LogP contribution in [-0.2, 0) is 16.1 Å². The smallest absolute Gasteiger partial charge is 0.326 e. The van der Waals surface area contributed by atoms with Crippen molar-refractivity contribution in [2.45, 2.75) is 32.9 Å². The van der Waals surface area contributed by atoms with E-state index in [0.717, 1.165) is 21.2 Å². The Morgan fingerprint density at radius 3 is 2.62 bits per heavy atom. The number of hydrogen-bond donors (Lipinski definition) is 1. The van der Waals surface area contributed by atoms with E-state index in [1.807, 2.05) is 24.4 Å². The van der Waals surface area contributed by atoms with Gasteiger partial charge in [0.2, 0.25) is 5.91 Å². The number of carbonyl (C=O) groups excluding carboxylic acids is 3. The van der Waals surface area contributed by atoms with Crippen molar-refractivity contribution in [3.05, 3.63) is 22.5 Å². The molecule has 1 saturated heterocycles. The lowest BCUT2D eigenvalue weighted by Crippen LogP contribution is -2.37. The van der Waals surface area contributed by atoms with Gasteiger partial charge in [0, 0.05) is 30.9 Å². The molecule has 128 valence electrons. The summed E-state index contributed by atoms with van der Waals surface area (Å²) >= 11 is 1.61.